The summed E-state index contributed by atoms with van der Waals surface area (Å²) in [7, 11) is 1.60. The first-order valence-corrected chi connectivity index (χ1v) is 10.6. The third-order valence-electron chi connectivity index (χ3n) is 6.57. The van der Waals surface area contributed by atoms with Crippen LogP contribution in [0, 0.1) is 17.8 Å². The third-order valence-corrected chi connectivity index (χ3v) is 6.57. The minimum Gasteiger partial charge on any atom is -0.497 e. The van der Waals surface area contributed by atoms with Crippen LogP contribution < -0.4 is 20.1 Å². The minimum absolute atomic E-state index is 0.0151. The van der Waals surface area contributed by atoms with Crippen molar-refractivity contribution in [2.45, 2.75) is 44.8 Å². The molecule has 7 heteroatoms. The van der Waals surface area contributed by atoms with E-state index in [0.29, 0.717) is 43.2 Å². The quantitative estimate of drug-likeness (QED) is 0.685. The maximum absolute atomic E-state index is 12.8. The topological polar surface area (TPSA) is 85.9 Å². The molecule has 5 rings (SSSR count). The SMILES string of the molecule is CCOCCCNC(=O)[C@H]1C[C@H]2CC[C@@H]1C[C@@]21NC(=O)c2ccc(OC)cc2O1. The van der Waals surface area contributed by atoms with Crippen molar-refractivity contribution < 1.29 is 23.8 Å². The summed E-state index contributed by atoms with van der Waals surface area (Å²) in [5, 5.41) is 6.20. The molecule has 4 aliphatic rings. The lowest BCUT2D eigenvalue weighted by atomic mass is 9.60. The first-order chi connectivity index (χ1) is 14.1. The Balaban J connectivity index is 1.43. The summed E-state index contributed by atoms with van der Waals surface area (Å²) >= 11 is 0. The van der Waals surface area contributed by atoms with Gasteiger partial charge < -0.3 is 24.8 Å². The van der Waals surface area contributed by atoms with Crippen molar-refractivity contribution in [3.63, 3.8) is 0 Å². The third kappa shape index (κ3) is 3.80. The second-order valence-corrected chi connectivity index (χ2v) is 8.23. The molecular formula is C22H30N2O5. The fraction of sp³-hybridized carbons (Fsp3) is 0.636. The molecule has 1 heterocycles. The summed E-state index contributed by atoms with van der Waals surface area (Å²) in [6, 6.07) is 5.27. The Bertz CT molecular complexity index is 782. The van der Waals surface area contributed by atoms with Crippen LogP contribution in [-0.2, 0) is 9.53 Å². The Kier molecular flexibility index (Phi) is 5.67. The molecule has 1 aromatic rings. The van der Waals surface area contributed by atoms with E-state index in [1.807, 2.05) is 6.92 Å². The number of ether oxygens (including phenoxy) is 3. The largest absolute Gasteiger partial charge is 0.497 e. The van der Waals surface area contributed by atoms with E-state index >= 15 is 0 Å². The lowest BCUT2D eigenvalue weighted by molar-refractivity contribution is -0.146. The number of fused-ring (bicyclic) bond motifs is 3. The highest BCUT2D eigenvalue weighted by atomic mass is 16.5. The summed E-state index contributed by atoms with van der Waals surface area (Å²) in [4.78, 5) is 25.5. The van der Waals surface area contributed by atoms with Gasteiger partial charge in [0.25, 0.3) is 5.91 Å². The van der Waals surface area contributed by atoms with E-state index in [0.717, 1.165) is 25.7 Å². The van der Waals surface area contributed by atoms with Crippen molar-refractivity contribution >= 4 is 11.8 Å². The zero-order chi connectivity index (χ0) is 20.4. The predicted octanol–water partition coefficient (Wildman–Crippen LogP) is 2.49. The standard InChI is InChI=1S/C22H30N2O5/c1-3-28-10-4-9-23-20(25)18-11-15-6-5-14(18)13-22(15)24-21(26)17-8-7-16(27-2)12-19(17)29-22/h7-8,12,14-15,18H,3-6,9-11,13H2,1-2H3,(H,23,25)(H,24,26)/t14-,15-,18+,22+/m1/s1. The average molecular weight is 402 g/mol. The number of carbonyl (C=O) groups is 2. The smallest absolute Gasteiger partial charge is 0.258 e. The molecule has 0 radical (unpaired) electrons. The van der Waals surface area contributed by atoms with Gasteiger partial charge in [0.2, 0.25) is 5.91 Å². The van der Waals surface area contributed by atoms with Gasteiger partial charge in [0.05, 0.1) is 12.7 Å². The van der Waals surface area contributed by atoms with E-state index in [2.05, 4.69) is 10.6 Å². The molecule has 2 amide bonds. The maximum Gasteiger partial charge on any atom is 0.258 e. The molecule has 0 unspecified atom stereocenters. The number of benzene rings is 1. The van der Waals surface area contributed by atoms with Gasteiger partial charge in [0.15, 0.2) is 5.72 Å². The van der Waals surface area contributed by atoms with E-state index < -0.39 is 5.72 Å². The van der Waals surface area contributed by atoms with Crippen molar-refractivity contribution in [2.24, 2.45) is 17.8 Å². The Morgan fingerprint density at radius 3 is 2.97 bits per heavy atom. The van der Waals surface area contributed by atoms with Crippen molar-refractivity contribution in [3.8, 4) is 11.5 Å². The second-order valence-electron chi connectivity index (χ2n) is 8.23. The molecule has 2 bridgehead atoms. The Hall–Kier alpha value is -2.28. The average Bonchev–Trinajstić information content (AvgIpc) is 2.73. The van der Waals surface area contributed by atoms with E-state index in [9.17, 15) is 9.59 Å². The van der Waals surface area contributed by atoms with E-state index in [4.69, 9.17) is 14.2 Å². The van der Waals surface area contributed by atoms with Gasteiger partial charge in [-0.2, -0.15) is 0 Å². The van der Waals surface area contributed by atoms with Gasteiger partial charge in [0, 0.05) is 44.1 Å². The van der Waals surface area contributed by atoms with E-state index in [1.54, 1.807) is 25.3 Å². The fourth-order valence-corrected chi connectivity index (χ4v) is 5.10. The molecule has 158 valence electrons. The van der Waals surface area contributed by atoms with Gasteiger partial charge in [-0.15, -0.1) is 0 Å². The number of nitrogens with one attached hydrogen (secondary N) is 2. The zero-order valence-corrected chi connectivity index (χ0v) is 17.2. The first kappa shape index (κ1) is 20.0. The van der Waals surface area contributed by atoms with Gasteiger partial charge in [-0.1, -0.05) is 0 Å². The minimum atomic E-state index is -0.717. The summed E-state index contributed by atoms with van der Waals surface area (Å²) < 4.78 is 17.0. The molecule has 0 aromatic heterocycles. The number of hydrogen-bond donors (Lipinski definition) is 2. The summed E-state index contributed by atoms with van der Waals surface area (Å²) in [6.07, 6.45) is 4.17. The van der Waals surface area contributed by atoms with Crippen LogP contribution in [0.25, 0.3) is 0 Å². The van der Waals surface area contributed by atoms with Crippen molar-refractivity contribution in [1.82, 2.24) is 10.6 Å². The van der Waals surface area contributed by atoms with Crippen molar-refractivity contribution in [2.75, 3.05) is 26.9 Å². The van der Waals surface area contributed by atoms with Crippen molar-refractivity contribution in [3.05, 3.63) is 23.8 Å². The highest BCUT2D eigenvalue weighted by Crippen LogP contribution is 2.52. The molecule has 1 spiro atoms. The Labute approximate surface area is 171 Å². The van der Waals surface area contributed by atoms with Crippen LogP contribution in [0.15, 0.2) is 18.2 Å². The molecule has 1 aliphatic heterocycles. The van der Waals surface area contributed by atoms with Crippen LogP contribution in [-0.4, -0.2) is 44.4 Å². The van der Waals surface area contributed by atoms with E-state index in [-0.39, 0.29) is 29.6 Å². The molecule has 3 saturated carbocycles. The highest BCUT2D eigenvalue weighted by Gasteiger charge is 2.57. The molecule has 1 aromatic carbocycles. The van der Waals surface area contributed by atoms with Gasteiger partial charge in [-0.05, 0) is 50.7 Å². The van der Waals surface area contributed by atoms with Crippen LogP contribution in [0.5, 0.6) is 11.5 Å². The molecule has 3 fully saturated rings. The fourth-order valence-electron chi connectivity index (χ4n) is 5.10. The van der Waals surface area contributed by atoms with Crippen LogP contribution >= 0.6 is 0 Å². The van der Waals surface area contributed by atoms with Crippen LogP contribution in [0.4, 0.5) is 0 Å². The summed E-state index contributed by atoms with van der Waals surface area (Å²) in [5.74, 6) is 1.55. The number of carbonyl (C=O) groups excluding carboxylic acids is 2. The maximum atomic E-state index is 12.8. The van der Waals surface area contributed by atoms with Gasteiger partial charge in [-0.25, -0.2) is 0 Å². The molecule has 4 atom stereocenters. The summed E-state index contributed by atoms with van der Waals surface area (Å²) in [6.45, 7) is 3.97. The van der Waals surface area contributed by atoms with Crippen molar-refractivity contribution in [1.29, 1.82) is 0 Å². The van der Waals surface area contributed by atoms with E-state index in [1.165, 1.54) is 0 Å². The molecule has 29 heavy (non-hydrogen) atoms. The lowest BCUT2D eigenvalue weighted by Gasteiger charge is -2.55. The predicted molar refractivity (Wildman–Crippen MR) is 107 cm³/mol. The van der Waals surface area contributed by atoms with Gasteiger partial charge in [-0.3, -0.25) is 9.59 Å². The van der Waals surface area contributed by atoms with Crippen LogP contribution in [0.1, 0.15) is 49.4 Å². The number of hydrogen-bond acceptors (Lipinski definition) is 5. The zero-order valence-electron chi connectivity index (χ0n) is 17.2. The molecule has 0 saturated heterocycles. The molecule has 7 nitrogen and oxygen atoms in total. The Morgan fingerprint density at radius 1 is 1.38 bits per heavy atom. The normalized spacial score (nSPS) is 29.7. The van der Waals surface area contributed by atoms with Gasteiger partial charge in [0.1, 0.15) is 11.5 Å². The lowest BCUT2D eigenvalue weighted by Crippen LogP contribution is -2.66. The monoisotopic (exact) mass is 402 g/mol. The molecule has 2 N–H and O–H groups in total. The summed E-state index contributed by atoms with van der Waals surface area (Å²) in [5.41, 5.74) is -0.188. The number of rotatable bonds is 7. The second kappa shape index (κ2) is 8.22. The van der Waals surface area contributed by atoms with Crippen LogP contribution in [0.2, 0.25) is 0 Å². The highest BCUT2D eigenvalue weighted by molar-refractivity contribution is 5.98. The number of methoxy groups -OCH3 is 1. The molecular weight excluding hydrogens is 372 g/mol. The van der Waals surface area contributed by atoms with Crippen LogP contribution in [0.3, 0.4) is 0 Å². The Morgan fingerprint density at radius 2 is 2.24 bits per heavy atom. The first-order valence-electron chi connectivity index (χ1n) is 10.6. The van der Waals surface area contributed by atoms with Gasteiger partial charge >= 0.3 is 0 Å². The number of amides is 2. The molecule has 3 aliphatic carbocycles.